The van der Waals surface area contributed by atoms with Crippen molar-refractivity contribution in [3.63, 3.8) is 0 Å². The highest BCUT2D eigenvalue weighted by atomic mass is 32.2. The monoisotopic (exact) mass is 313 g/mol. The molecule has 0 amide bonds. The molecule has 0 saturated carbocycles. The van der Waals surface area contributed by atoms with Gasteiger partial charge in [0.25, 0.3) is 0 Å². The first kappa shape index (κ1) is 12.7. The minimum atomic E-state index is -1.14. The van der Waals surface area contributed by atoms with Crippen molar-refractivity contribution < 1.29 is 13.7 Å². The molecule has 5 rings (SSSR count). The van der Waals surface area contributed by atoms with E-state index in [2.05, 4.69) is 16.9 Å². The maximum atomic E-state index is 12.7. The van der Waals surface area contributed by atoms with Crippen LogP contribution in [0.5, 0.6) is 5.75 Å². The Morgan fingerprint density at radius 1 is 1.09 bits per heavy atom. The Morgan fingerprint density at radius 3 is 2.64 bits per heavy atom. The molecule has 1 unspecified atom stereocenters. The minimum Gasteiger partial charge on any atom is -0.497 e. The topological polar surface area (TPSA) is 47.6 Å². The Hall–Kier alpha value is -1.85. The van der Waals surface area contributed by atoms with E-state index in [4.69, 9.17) is 9.47 Å². The summed E-state index contributed by atoms with van der Waals surface area (Å²) in [6, 6.07) is 14.2. The lowest BCUT2D eigenvalue weighted by atomic mass is 9.79. The van der Waals surface area contributed by atoms with Gasteiger partial charge < -0.3 is 14.2 Å². The van der Waals surface area contributed by atoms with Crippen molar-refractivity contribution >= 4 is 16.7 Å². The highest BCUT2D eigenvalue weighted by Crippen LogP contribution is 2.61. The van der Waals surface area contributed by atoms with E-state index in [1.807, 2.05) is 30.3 Å². The largest absolute Gasteiger partial charge is 0.497 e. The van der Waals surface area contributed by atoms with Gasteiger partial charge in [-0.1, -0.05) is 24.3 Å². The molecule has 2 bridgehead atoms. The van der Waals surface area contributed by atoms with Crippen LogP contribution in [0.15, 0.2) is 42.5 Å². The number of hydrogen-bond donors (Lipinski definition) is 1. The molecule has 1 fully saturated rings. The average Bonchev–Trinajstić information content (AvgIpc) is 3.12. The predicted octanol–water partition coefficient (Wildman–Crippen LogP) is 3.06. The lowest BCUT2D eigenvalue weighted by molar-refractivity contribution is 0.0683. The number of rotatable bonds is 1. The van der Waals surface area contributed by atoms with Crippen molar-refractivity contribution in [2.75, 3.05) is 11.8 Å². The van der Waals surface area contributed by atoms with E-state index in [1.165, 1.54) is 11.1 Å². The number of anilines is 1. The average molecular weight is 313 g/mol. The second-order valence-corrected chi connectivity index (χ2v) is 7.29. The molecule has 0 spiro atoms. The van der Waals surface area contributed by atoms with E-state index in [0.717, 1.165) is 17.0 Å². The van der Waals surface area contributed by atoms with E-state index < -0.39 is 11.0 Å². The van der Waals surface area contributed by atoms with Crippen molar-refractivity contribution in [1.82, 2.24) is 0 Å². The molecule has 2 aromatic rings. The zero-order valence-electron chi connectivity index (χ0n) is 12.0. The molecular formula is C17H15NO3S. The van der Waals surface area contributed by atoms with E-state index in [0.29, 0.717) is 0 Å². The maximum Gasteiger partial charge on any atom is 0.124 e. The maximum absolute atomic E-state index is 12.7. The Bertz CT molecular complexity index is 806. The van der Waals surface area contributed by atoms with Gasteiger partial charge in [0.2, 0.25) is 0 Å². The fraction of sp³-hybridized carbons (Fsp3) is 0.294. The molecule has 3 aliphatic heterocycles. The summed E-state index contributed by atoms with van der Waals surface area (Å²) in [5.74, 6) is 0.940. The van der Waals surface area contributed by atoms with Gasteiger partial charge in [0.1, 0.15) is 22.8 Å². The van der Waals surface area contributed by atoms with E-state index in [9.17, 15) is 4.21 Å². The second kappa shape index (κ2) is 4.33. The summed E-state index contributed by atoms with van der Waals surface area (Å²) in [5, 5.41) is -0.0421. The van der Waals surface area contributed by atoms with Crippen LogP contribution in [0.1, 0.15) is 34.8 Å². The van der Waals surface area contributed by atoms with Crippen LogP contribution in [0.25, 0.3) is 0 Å². The quantitative estimate of drug-likeness (QED) is 0.880. The normalized spacial score (nSPS) is 33.6. The molecule has 4 nitrogen and oxygen atoms in total. The summed E-state index contributed by atoms with van der Waals surface area (Å²) in [4.78, 5) is 0. The third kappa shape index (κ3) is 1.48. The Labute approximate surface area is 131 Å². The van der Waals surface area contributed by atoms with Gasteiger partial charge in [-0.15, -0.1) is 0 Å². The van der Waals surface area contributed by atoms with Gasteiger partial charge >= 0.3 is 0 Å². The molecule has 2 aromatic carbocycles. The third-order valence-corrected chi connectivity index (χ3v) is 6.41. The SMILES string of the molecule is COc1ccc2c(c1)[C@H]1[C@H]([C@@H]3O[C@H]1c1ccccc13)S(=O)N2. The number of hydrogen-bond acceptors (Lipinski definition) is 3. The molecule has 0 radical (unpaired) electrons. The minimum absolute atomic E-state index is 0.0110. The molecule has 5 heteroatoms. The Morgan fingerprint density at radius 2 is 1.86 bits per heavy atom. The van der Waals surface area contributed by atoms with Crippen LogP contribution < -0.4 is 9.46 Å². The van der Waals surface area contributed by atoms with Gasteiger partial charge in [0, 0.05) is 5.92 Å². The summed E-state index contributed by atoms with van der Waals surface area (Å²) in [7, 11) is 0.529. The third-order valence-electron chi connectivity index (χ3n) is 4.96. The fourth-order valence-electron chi connectivity index (χ4n) is 4.03. The lowest BCUT2D eigenvalue weighted by Crippen LogP contribution is -2.36. The van der Waals surface area contributed by atoms with Gasteiger partial charge in [-0.05, 0) is 34.9 Å². The summed E-state index contributed by atoms with van der Waals surface area (Å²) in [6.07, 6.45) is -0.0954. The zero-order chi connectivity index (χ0) is 14.8. The van der Waals surface area contributed by atoms with Crippen LogP contribution in [-0.2, 0) is 15.7 Å². The molecule has 3 heterocycles. The van der Waals surface area contributed by atoms with E-state index in [1.54, 1.807) is 7.11 Å². The molecule has 1 N–H and O–H groups in total. The van der Waals surface area contributed by atoms with Crippen molar-refractivity contribution in [2.45, 2.75) is 23.4 Å². The highest BCUT2D eigenvalue weighted by Gasteiger charge is 2.57. The van der Waals surface area contributed by atoms with Gasteiger partial charge in [-0.2, -0.15) is 0 Å². The zero-order valence-corrected chi connectivity index (χ0v) is 12.8. The van der Waals surface area contributed by atoms with Crippen LogP contribution in [0, 0.1) is 0 Å². The summed E-state index contributed by atoms with van der Waals surface area (Å²) >= 11 is 0. The van der Waals surface area contributed by atoms with Crippen molar-refractivity contribution in [2.24, 2.45) is 0 Å². The number of nitrogens with one attached hydrogen (secondary N) is 1. The molecule has 3 aliphatic rings. The molecular weight excluding hydrogens is 298 g/mol. The smallest absolute Gasteiger partial charge is 0.124 e. The van der Waals surface area contributed by atoms with Crippen LogP contribution in [-0.4, -0.2) is 16.6 Å². The summed E-state index contributed by atoms with van der Waals surface area (Å²) in [6.45, 7) is 0. The molecule has 5 atom stereocenters. The number of ether oxygens (including phenoxy) is 2. The van der Waals surface area contributed by atoms with Crippen LogP contribution in [0.4, 0.5) is 5.69 Å². The standard InChI is InChI=1S/C17H15NO3S/c1-20-9-6-7-13-12(8-9)14-15-10-4-2-3-5-11(10)16(21-15)17(14)22(19)18-13/h2-8,14-18H,1H3/t14-,15+,16-,17-,22?/m1/s1. The molecule has 0 aromatic heterocycles. The van der Waals surface area contributed by atoms with Gasteiger partial charge in [0.05, 0.1) is 24.2 Å². The van der Waals surface area contributed by atoms with Crippen molar-refractivity contribution in [3.05, 3.63) is 59.2 Å². The Balaban J connectivity index is 1.71. The second-order valence-electron chi connectivity index (χ2n) is 5.95. The van der Waals surface area contributed by atoms with Gasteiger partial charge in [-0.3, -0.25) is 0 Å². The number of methoxy groups -OCH3 is 1. The van der Waals surface area contributed by atoms with Crippen molar-refractivity contribution in [1.29, 1.82) is 0 Å². The first-order chi connectivity index (χ1) is 10.8. The van der Waals surface area contributed by atoms with E-state index >= 15 is 0 Å². The van der Waals surface area contributed by atoms with Crippen LogP contribution in [0.3, 0.4) is 0 Å². The summed E-state index contributed by atoms with van der Waals surface area (Å²) in [5.41, 5.74) is 4.50. The first-order valence-corrected chi connectivity index (χ1v) is 8.58. The number of fused-ring (bicyclic) bond motifs is 10. The lowest BCUT2D eigenvalue weighted by Gasteiger charge is -2.34. The van der Waals surface area contributed by atoms with Crippen LogP contribution >= 0.6 is 0 Å². The predicted molar refractivity (Wildman–Crippen MR) is 84.3 cm³/mol. The number of benzene rings is 2. The molecule has 22 heavy (non-hydrogen) atoms. The summed E-state index contributed by atoms with van der Waals surface area (Å²) < 4.78 is 27.4. The van der Waals surface area contributed by atoms with Crippen molar-refractivity contribution in [3.8, 4) is 5.75 Å². The molecule has 112 valence electrons. The molecule has 1 saturated heterocycles. The molecule has 0 aliphatic carbocycles. The van der Waals surface area contributed by atoms with Crippen LogP contribution in [0.2, 0.25) is 0 Å². The highest BCUT2D eigenvalue weighted by molar-refractivity contribution is 7.87. The first-order valence-electron chi connectivity index (χ1n) is 7.37. The van der Waals surface area contributed by atoms with Gasteiger partial charge in [-0.25, -0.2) is 4.21 Å². The fourth-order valence-corrected chi connectivity index (χ4v) is 5.55. The van der Waals surface area contributed by atoms with Gasteiger partial charge in [0.15, 0.2) is 0 Å². The van der Waals surface area contributed by atoms with E-state index in [-0.39, 0.29) is 23.4 Å². The Kier molecular flexibility index (Phi) is 2.50.